The summed E-state index contributed by atoms with van der Waals surface area (Å²) in [6, 6.07) is 9.67. The number of H-pyrrole nitrogens is 1. The van der Waals surface area contributed by atoms with Gasteiger partial charge in [0.15, 0.2) is 0 Å². The quantitative estimate of drug-likeness (QED) is 0.927. The SMILES string of the molecule is Cc1cc(-c2ccc(S(=O)(=O)N(C)C)cc2)c(C#N)c(=O)[nH]1. The van der Waals surface area contributed by atoms with Crippen LogP contribution in [0.15, 0.2) is 40.0 Å². The summed E-state index contributed by atoms with van der Waals surface area (Å²) >= 11 is 0. The third-order valence-electron chi connectivity index (χ3n) is 3.22. The summed E-state index contributed by atoms with van der Waals surface area (Å²) in [5.41, 5.74) is 1.28. The Morgan fingerprint density at radius 1 is 1.18 bits per heavy atom. The topological polar surface area (TPSA) is 94.0 Å². The van der Waals surface area contributed by atoms with Gasteiger partial charge < -0.3 is 4.98 Å². The van der Waals surface area contributed by atoms with E-state index in [1.807, 2.05) is 6.07 Å². The van der Waals surface area contributed by atoms with Crippen molar-refractivity contribution in [1.82, 2.24) is 9.29 Å². The van der Waals surface area contributed by atoms with E-state index in [9.17, 15) is 13.2 Å². The zero-order valence-electron chi connectivity index (χ0n) is 12.4. The number of aryl methyl sites for hydroxylation is 1. The fraction of sp³-hybridized carbons (Fsp3) is 0.200. The molecule has 0 atom stereocenters. The van der Waals surface area contributed by atoms with E-state index in [1.165, 1.54) is 26.2 Å². The average molecular weight is 317 g/mol. The molecule has 0 aliphatic carbocycles. The highest BCUT2D eigenvalue weighted by atomic mass is 32.2. The molecule has 0 spiro atoms. The van der Waals surface area contributed by atoms with Crippen molar-refractivity contribution in [3.05, 3.63) is 51.9 Å². The first-order chi connectivity index (χ1) is 10.3. The summed E-state index contributed by atoms with van der Waals surface area (Å²) < 4.78 is 25.2. The Morgan fingerprint density at radius 3 is 2.27 bits per heavy atom. The van der Waals surface area contributed by atoms with Gasteiger partial charge in [-0.15, -0.1) is 0 Å². The minimum absolute atomic E-state index is 0.00816. The molecule has 1 aromatic heterocycles. The van der Waals surface area contributed by atoms with Gasteiger partial charge in [0.1, 0.15) is 11.6 Å². The fourth-order valence-electron chi connectivity index (χ4n) is 2.04. The van der Waals surface area contributed by atoms with Crippen LogP contribution in [-0.4, -0.2) is 31.8 Å². The Kier molecular flexibility index (Phi) is 4.17. The second-order valence-corrected chi connectivity index (χ2v) is 7.15. The van der Waals surface area contributed by atoms with E-state index < -0.39 is 15.6 Å². The molecule has 22 heavy (non-hydrogen) atoms. The van der Waals surface area contributed by atoms with Gasteiger partial charge in [-0.05, 0) is 30.7 Å². The number of aromatic amines is 1. The first-order valence-electron chi connectivity index (χ1n) is 6.44. The zero-order chi connectivity index (χ0) is 16.5. The van der Waals surface area contributed by atoms with Crippen molar-refractivity contribution in [2.24, 2.45) is 0 Å². The van der Waals surface area contributed by atoms with Crippen molar-refractivity contribution in [3.63, 3.8) is 0 Å². The first-order valence-corrected chi connectivity index (χ1v) is 7.88. The molecule has 1 aromatic carbocycles. The molecule has 114 valence electrons. The van der Waals surface area contributed by atoms with Gasteiger partial charge in [0.05, 0.1) is 4.90 Å². The number of sulfonamides is 1. The minimum atomic E-state index is -3.51. The maximum atomic E-state index is 12.0. The molecule has 2 rings (SSSR count). The number of nitrogens with zero attached hydrogens (tertiary/aromatic N) is 2. The molecule has 0 radical (unpaired) electrons. The summed E-state index contributed by atoms with van der Waals surface area (Å²) in [6.07, 6.45) is 0. The largest absolute Gasteiger partial charge is 0.325 e. The molecule has 1 heterocycles. The standard InChI is InChI=1S/C15H15N3O3S/c1-10-8-13(14(9-16)15(19)17-10)11-4-6-12(7-5-11)22(20,21)18(2)3/h4-8H,1-3H3,(H,17,19). The molecule has 7 heteroatoms. The third kappa shape index (κ3) is 2.79. The van der Waals surface area contributed by atoms with E-state index in [2.05, 4.69) is 4.98 Å². The lowest BCUT2D eigenvalue weighted by molar-refractivity contribution is 0.521. The van der Waals surface area contributed by atoms with Crippen molar-refractivity contribution >= 4 is 10.0 Å². The van der Waals surface area contributed by atoms with Crippen molar-refractivity contribution in [1.29, 1.82) is 5.26 Å². The number of nitriles is 1. The van der Waals surface area contributed by atoms with Gasteiger partial charge in [0.25, 0.3) is 5.56 Å². The van der Waals surface area contributed by atoms with Crippen LogP contribution < -0.4 is 5.56 Å². The third-order valence-corrected chi connectivity index (χ3v) is 5.05. The molecule has 0 aliphatic rings. The summed E-state index contributed by atoms with van der Waals surface area (Å²) in [5.74, 6) is 0. The highest BCUT2D eigenvalue weighted by molar-refractivity contribution is 7.89. The summed E-state index contributed by atoms with van der Waals surface area (Å²) in [4.78, 5) is 14.5. The van der Waals surface area contributed by atoms with E-state index in [0.29, 0.717) is 16.8 Å². The molecule has 0 amide bonds. The fourth-order valence-corrected chi connectivity index (χ4v) is 2.95. The highest BCUT2D eigenvalue weighted by Gasteiger charge is 2.17. The van der Waals surface area contributed by atoms with Crippen LogP contribution in [0, 0.1) is 18.3 Å². The van der Waals surface area contributed by atoms with Gasteiger partial charge >= 0.3 is 0 Å². The van der Waals surface area contributed by atoms with Crippen LogP contribution in [0.5, 0.6) is 0 Å². The maximum Gasteiger partial charge on any atom is 0.266 e. The molecule has 1 N–H and O–H groups in total. The first kappa shape index (κ1) is 15.9. The summed E-state index contributed by atoms with van der Waals surface area (Å²) in [5, 5.41) is 9.14. The van der Waals surface area contributed by atoms with Gasteiger partial charge in [-0.1, -0.05) is 12.1 Å². The molecule has 2 aromatic rings. The molecule has 0 unspecified atom stereocenters. The van der Waals surface area contributed by atoms with Crippen LogP contribution in [-0.2, 0) is 10.0 Å². The van der Waals surface area contributed by atoms with Crippen molar-refractivity contribution in [2.45, 2.75) is 11.8 Å². The van der Waals surface area contributed by atoms with E-state index in [-0.39, 0.29) is 10.5 Å². The molecule has 6 nitrogen and oxygen atoms in total. The maximum absolute atomic E-state index is 12.0. The lowest BCUT2D eigenvalue weighted by Crippen LogP contribution is -2.22. The van der Waals surface area contributed by atoms with Crippen LogP contribution in [0.1, 0.15) is 11.3 Å². The van der Waals surface area contributed by atoms with Crippen LogP contribution in [0.4, 0.5) is 0 Å². The Hall–Kier alpha value is -2.43. The van der Waals surface area contributed by atoms with Crippen LogP contribution in [0.2, 0.25) is 0 Å². The smallest absolute Gasteiger partial charge is 0.266 e. The molecular weight excluding hydrogens is 302 g/mol. The lowest BCUT2D eigenvalue weighted by Gasteiger charge is -2.12. The van der Waals surface area contributed by atoms with Gasteiger partial charge in [-0.3, -0.25) is 4.79 Å². The molecule has 0 saturated heterocycles. The predicted molar refractivity (Wildman–Crippen MR) is 82.8 cm³/mol. The van der Waals surface area contributed by atoms with Crippen molar-refractivity contribution in [3.8, 4) is 17.2 Å². The Balaban J connectivity index is 2.59. The van der Waals surface area contributed by atoms with E-state index in [0.717, 1.165) is 4.31 Å². The van der Waals surface area contributed by atoms with Crippen LogP contribution in [0.25, 0.3) is 11.1 Å². The molecule has 0 aliphatic heterocycles. The van der Waals surface area contributed by atoms with E-state index >= 15 is 0 Å². The Bertz CT molecular complexity index is 905. The predicted octanol–water partition coefficient (Wildman–Crippen LogP) is 1.47. The summed E-state index contributed by atoms with van der Waals surface area (Å²) in [6.45, 7) is 1.72. The number of benzene rings is 1. The Morgan fingerprint density at radius 2 is 1.77 bits per heavy atom. The van der Waals surface area contributed by atoms with Gasteiger partial charge in [0, 0.05) is 25.4 Å². The number of hydrogen-bond acceptors (Lipinski definition) is 4. The number of hydrogen-bond donors (Lipinski definition) is 1. The summed E-state index contributed by atoms with van der Waals surface area (Å²) in [7, 11) is -0.596. The second-order valence-electron chi connectivity index (χ2n) is 4.99. The van der Waals surface area contributed by atoms with Crippen molar-refractivity contribution < 1.29 is 8.42 Å². The second kappa shape index (κ2) is 5.75. The monoisotopic (exact) mass is 317 g/mol. The van der Waals surface area contributed by atoms with Gasteiger partial charge in [0.2, 0.25) is 10.0 Å². The average Bonchev–Trinajstić information content (AvgIpc) is 2.46. The molecule has 0 saturated carbocycles. The molecular formula is C15H15N3O3S. The van der Waals surface area contributed by atoms with E-state index in [1.54, 1.807) is 25.1 Å². The molecule has 0 bridgehead atoms. The normalized spacial score (nSPS) is 11.4. The van der Waals surface area contributed by atoms with Crippen LogP contribution >= 0.6 is 0 Å². The number of pyridine rings is 1. The van der Waals surface area contributed by atoms with Gasteiger partial charge in [-0.2, -0.15) is 5.26 Å². The van der Waals surface area contributed by atoms with Gasteiger partial charge in [-0.25, -0.2) is 12.7 Å². The minimum Gasteiger partial charge on any atom is -0.325 e. The van der Waals surface area contributed by atoms with Crippen LogP contribution in [0.3, 0.4) is 0 Å². The number of nitrogens with one attached hydrogen (secondary N) is 1. The molecule has 0 fully saturated rings. The number of aromatic nitrogens is 1. The highest BCUT2D eigenvalue weighted by Crippen LogP contribution is 2.24. The van der Waals surface area contributed by atoms with E-state index in [4.69, 9.17) is 5.26 Å². The lowest BCUT2D eigenvalue weighted by atomic mass is 10.0. The Labute approximate surface area is 128 Å². The number of rotatable bonds is 3. The van der Waals surface area contributed by atoms with Crippen molar-refractivity contribution in [2.75, 3.05) is 14.1 Å². The zero-order valence-corrected chi connectivity index (χ0v) is 13.2.